The number of phenols is 1. The number of hydrogen-bond donors (Lipinski definition) is 1. The number of hydrogen-bond acceptors (Lipinski definition) is 2. The summed E-state index contributed by atoms with van der Waals surface area (Å²) in [4.78, 5) is 12.9. The van der Waals surface area contributed by atoms with E-state index in [1.165, 1.54) is 6.07 Å². The van der Waals surface area contributed by atoms with Gasteiger partial charge in [0.25, 0.3) is 0 Å². The molecule has 1 heterocycles. The summed E-state index contributed by atoms with van der Waals surface area (Å²) in [6.45, 7) is 0.0516. The average molecular weight is 327 g/mol. The van der Waals surface area contributed by atoms with Gasteiger partial charge in [-0.05, 0) is 48.4 Å². The minimum Gasteiger partial charge on any atom is -0.508 e. The molecule has 1 N–H and O–H groups in total. The molecule has 0 spiro atoms. The summed E-state index contributed by atoms with van der Waals surface area (Å²) in [5.74, 6) is -1.58. The van der Waals surface area contributed by atoms with Crippen LogP contribution in [0, 0.1) is 5.92 Å². The Morgan fingerprint density at radius 2 is 1.87 bits per heavy atom. The standard InChI is InChI=1S/C17H20F3NO2/c18-17(19,20)16(23)21-9-8-12-10-13(22)6-7-14(12)15(21)11-4-2-1-3-5-11/h6-7,10-11,15,22H,1-5,8-9H2. The quantitative estimate of drug-likeness (QED) is 0.848. The smallest absolute Gasteiger partial charge is 0.471 e. The summed E-state index contributed by atoms with van der Waals surface area (Å²) < 4.78 is 38.9. The molecule has 1 aliphatic carbocycles. The molecule has 0 aromatic heterocycles. The van der Waals surface area contributed by atoms with Crippen LogP contribution in [0.1, 0.15) is 49.3 Å². The number of nitrogens with zero attached hydrogens (tertiary/aromatic N) is 1. The highest BCUT2D eigenvalue weighted by Gasteiger charge is 2.47. The van der Waals surface area contributed by atoms with Crippen LogP contribution in [0.3, 0.4) is 0 Å². The lowest BCUT2D eigenvalue weighted by molar-refractivity contribution is -0.190. The van der Waals surface area contributed by atoms with Gasteiger partial charge in [0, 0.05) is 6.54 Å². The molecule has 3 nitrogen and oxygen atoms in total. The molecule has 1 aliphatic heterocycles. The predicted octanol–water partition coefficient (Wildman–Crippen LogP) is 3.96. The van der Waals surface area contributed by atoms with Crippen LogP contribution in [0.2, 0.25) is 0 Å². The summed E-state index contributed by atoms with van der Waals surface area (Å²) in [5.41, 5.74) is 1.62. The van der Waals surface area contributed by atoms with E-state index in [0.717, 1.165) is 48.1 Å². The van der Waals surface area contributed by atoms with Gasteiger partial charge >= 0.3 is 12.1 Å². The fourth-order valence-electron chi connectivity index (χ4n) is 3.99. The van der Waals surface area contributed by atoms with Crippen molar-refractivity contribution in [3.05, 3.63) is 29.3 Å². The molecule has 1 unspecified atom stereocenters. The van der Waals surface area contributed by atoms with Crippen LogP contribution in [0.25, 0.3) is 0 Å². The SMILES string of the molecule is O=C(N1CCc2cc(O)ccc2C1C1CCCCC1)C(F)(F)F. The van der Waals surface area contributed by atoms with Crippen molar-refractivity contribution >= 4 is 5.91 Å². The zero-order chi connectivity index (χ0) is 16.6. The molecule has 6 heteroatoms. The Balaban J connectivity index is 1.99. The van der Waals surface area contributed by atoms with E-state index in [-0.39, 0.29) is 18.2 Å². The molecule has 126 valence electrons. The van der Waals surface area contributed by atoms with Crippen molar-refractivity contribution in [3.8, 4) is 5.75 Å². The highest BCUT2D eigenvalue weighted by atomic mass is 19.4. The first-order chi connectivity index (χ1) is 10.9. The number of rotatable bonds is 1. The number of benzene rings is 1. The predicted molar refractivity (Wildman–Crippen MR) is 78.9 cm³/mol. The van der Waals surface area contributed by atoms with Gasteiger partial charge in [0.2, 0.25) is 0 Å². The number of alkyl halides is 3. The van der Waals surface area contributed by atoms with Gasteiger partial charge in [-0.2, -0.15) is 13.2 Å². The molecule has 1 amide bonds. The van der Waals surface area contributed by atoms with E-state index in [2.05, 4.69) is 0 Å². The third kappa shape index (κ3) is 3.16. The lowest BCUT2D eigenvalue weighted by Gasteiger charge is -2.43. The Labute approximate surface area is 133 Å². The van der Waals surface area contributed by atoms with Crippen molar-refractivity contribution in [1.82, 2.24) is 4.90 Å². The molecule has 0 bridgehead atoms. The van der Waals surface area contributed by atoms with E-state index in [9.17, 15) is 23.1 Å². The molecule has 1 atom stereocenters. The molecule has 1 saturated carbocycles. The van der Waals surface area contributed by atoms with Gasteiger partial charge in [0.1, 0.15) is 5.75 Å². The maximum Gasteiger partial charge on any atom is 0.471 e. The summed E-state index contributed by atoms with van der Waals surface area (Å²) in [6, 6.07) is 4.25. The lowest BCUT2D eigenvalue weighted by Crippen LogP contribution is -2.48. The largest absolute Gasteiger partial charge is 0.508 e. The third-order valence-electron chi connectivity index (χ3n) is 5.00. The maximum atomic E-state index is 13.0. The number of phenolic OH excluding ortho intramolecular Hbond substituents is 1. The van der Waals surface area contributed by atoms with E-state index in [4.69, 9.17) is 0 Å². The zero-order valence-corrected chi connectivity index (χ0v) is 12.8. The summed E-state index contributed by atoms with van der Waals surface area (Å²) in [6.07, 6.45) is 0.249. The highest BCUT2D eigenvalue weighted by Crippen LogP contribution is 2.43. The number of amides is 1. The Hall–Kier alpha value is -1.72. The summed E-state index contributed by atoms with van der Waals surface area (Å²) in [7, 11) is 0. The van der Waals surface area contributed by atoms with E-state index in [1.807, 2.05) is 0 Å². The van der Waals surface area contributed by atoms with E-state index >= 15 is 0 Å². The fourth-order valence-corrected chi connectivity index (χ4v) is 3.99. The van der Waals surface area contributed by atoms with Crippen LogP contribution in [-0.4, -0.2) is 28.6 Å². The third-order valence-corrected chi connectivity index (χ3v) is 5.00. The Bertz CT molecular complexity index is 594. The second kappa shape index (κ2) is 6.06. The van der Waals surface area contributed by atoms with Crippen molar-refractivity contribution in [2.45, 2.75) is 50.7 Å². The van der Waals surface area contributed by atoms with E-state index < -0.39 is 18.1 Å². The molecular formula is C17H20F3NO2. The van der Waals surface area contributed by atoms with E-state index in [0.29, 0.717) is 6.42 Å². The molecule has 0 saturated heterocycles. The molecular weight excluding hydrogens is 307 g/mol. The van der Waals surface area contributed by atoms with Gasteiger partial charge in [-0.25, -0.2) is 0 Å². The Morgan fingerprint density at radius 3 is 2.52 bits per heavy atom. The molecule has 0 radical (unpaired) electrons. The van der Waals surface area contributed by atoms with Gasteiger partial charge in [0.15, 0.2) is 0 Å². The lowest BCUT2D eigenvalue weighted by atomic mass is 9.77. The van der Waals surface area contributed by atoms with Crippen LogP contribution in [0.5, 0.6) is 5.75 Å². The first-order valence-electron chi connectivity index (χ1n) is 8.07. The van der Waals surface area contributed by atoms with Gasteiger partial charge in [0.05, 0.1) is 6.04 Å². The summed E-state index contributed by atoms with van der Waals surface area (Å²) in [5, 5.41) is 9.63. The molecule has 1 aromatic rings. The van der Waals surface area contributed by atoms with E-state index in [1.54, 1.807) is 12.1 Å². The van der Waals surface area contributed by atoms with Crippen LogP contribution < -0.4 is 0 Å². The number of carbonyl (C=O) groups excluding carboxylic acids is 1. The minimum absolute atomic E-state index is 0.0516. The van der Waals surface area contributed by atoms with Crippen LogP contribution in [0.4, 0.5) is 13.2 Å². The van der Waals surface area contributed by atoms with Crippen molar-refractivity contribution in [1.29, 1.82) is 0 Å². The van der Waals surface area contributed by atoms with Crippen LogP contribution in [0.15, 0.2) is 18.2 Å². The van der Waals surface area contributed by atoms with Gasteiger partial charge in [-0.1, -0.05) is 25.3 Å². The van der Waals surface area contributed by atoms with Gasteiger partial charge in [-0.3, -0.25) is 4.79 Å². The molecule has 1 aromatic carbocycles. The van der Waals surface area contributed by atoms with Crippen molar-refractivity contribution in [2.24, 2.45) is 5.92 Å². The van der Waals surface area contributed by atoms with Crippen molar-refractivity contribution < 1.29 is 23.1 Å². The molecule has 3 rings (SSSR count). The monoisotopic (exact) mass is 327 g/mol. The van der Waals surface area contributed by atoms with Crippen molar-refractivity contribution in [2.75, 3.05) is 6.54 Å². The number of carbonyl (C=O) groups is 1. The number of aromatic hydroxyl groups is 1. The first kappa shape index (κ1) is 16.1. The van der Waals surface area contributed by atoms with Crippen LogP contribution >= 0.6 is 0 Å². The second-order valence-electron chi connectivity index (χ2n) is 6.47. The van der Waals surface area contributed by atoms with Crippen LogP contribution in [-0.2, 0) is 11.2 Å². The summed E-state index contributed by atoms with van der Waals surface area (Å²) >= 11 is 0. The maximum absolute atomic E-state index is 13.0. The molecule has 2 aliphatic rings. The number of halogens is 3. The second-order valence-corrected chi connectivity index (χ2v) is 6.47. The Morgan fingerprint density at radius 1 is 1.17 bits per heavy atom. The molecule has 1 fully saturated rings. The average Bonchev–Trinajstić information content (AvgIpc) is 2.53. The fraction of sp³-hybridized carbons (Fsp3) is 0.588. The zero-order valence-electron chi connectivity index (χ0n) is 12.8. The highest BCUT2D eigenvalue weighted by molar-refractivity contribution is 5.82. The van der Waals surface area contributed by atoms with Gasteiger partial charge in [-0.15, -0.1) is 0 Å². The minimum atomic E-state index is -4.85. The van der Waals surface area contributed by atoms with Gasteiger partial charge < -0.3 is 10.0 Å². The number of fused-ring (bicyclic) bond motifs is 1. The normalized spacial score (nSPS) is 22.7. The Kier molecular flexibility index (Phi) is 4.25. The van der Waals surface area contributed by atoms with Crippen molar-refractivity contribution in [3.63, 3.8) is 0 Å². The first-order valence-corrected chi connectivity index (χ1v) is 8.07. The topological polar surface area (TPSA) is 40.5 Å². The molecule has 23 heavy (non-hydrogen) atoms.